The van der Waals surface area contributed by atoms with Crippen LogP contribution in [0.3, 0.4) is 0 Å². The Morgan fingerprint density at radius 1 is 1.22 bits per heavy atom. The fraction of sp³-hybridized carbons (Fsp3) is 0.357. The first-order valence-electron chi connectivity index (χ1n) is 5.98. The summed E-state index contributed by atoms with van der Waals surface area (Å²) < 4.78 is 1.82. The molecule has 1 aromatic heterocycles. The molecule has 0 amide bonds. The van der Waals surface area contributed by atoms with Gasteiger partial charge in [-0.1, -0.05) is 55.8 Å². The molecule has 0 spiro atoms. The average molecular weight is 283 g/mol. The maximum atomic E-state index is 6.34. The highest BCUT2D eigenvalue weighted by Crippen LogP contribution is 2.27. The fourth-order valence-electron chi connectivity index (χ4n) is 1.94. The normalized spacial score (nSPS) is 11.2. The molecule has 1 heterocycles. The first-order chi connectivity index (χ1) is 8.63. The maximum Gasteiger partial charge on any atom is 0.132 e. The highest BCUT2D eigenvalue weighted by atomic mass is 35.5. The Balaban J connectivity index is 2.34. The zero-order valence-electron chi connectivity index (χ0n) is 10.5. The Morgan fingerprint density at radius 3 is 2.39 bits per heavy atom. The van der Waals surface area contributed by atoms with Crippen molar-refractivity contribution in [1.29, 1.82) is 0 Å². The van der Waals surface area contributed by atoms with Crippen molar-refractivity contribution >= 4 is 23.2 Å². The SMILES string of the molecule is CC(C)c1nn(Cc2ccccc2)c(Cl)c1CCl. The van der Waals surface area contributed by atoms with Crippen molar-refractivity contribution in [2.24, 2.45) is 0 Å². The minimum atomic E-state index is 0.327. The molecule has 1 aromatic carbocycles. The number of halogens is 2. The Morgan fingerprint density at radius 2 is 1.89 bits per heavy atom. The van der Waals surface area contributed by atoms with Gasteiger partial charge in [0.1, 0.15) is 5.15 Å². The second-order valence-corrected chi connectivity index (χ2v) is 5.21. The first-order valence-corrected chi connectivity index (χ1v) is 6.89. The summed E-state index contributed by atoms with van der Waals surface area (Å²) in [5.41, 5.74) is 3.12. The molecule has 0 saturated heterocycles. The smallest absolute Gasteiger partial charge is 0.132 e. The van der Waals surface area contributed by atoms with Gasteiger partial charge in [0.25, 0.3) is 0 Å². The number of alkyl halides is 1. The summed E-state index contributed by atoms with van der Waals surface area (Å²) in [5, 5.41) is 5.23. The largest absolute Gasteiger partial charge is 0.249 e. The molecule has 0 aliphatic rings. The quantitative estimate of drug-likeness (QED) is 0.758. The third kappa shape index (κ3) is 2.70. The van der Waals surface area contributed by atoms with Gasteiger partial charge in [-0.3, -0.25) is 0 Å². The third-order valence-electron chi connectivity index (χ3n) is 2.87. The molecule has 0 saturated carbocycles. The molecule has 0 atom stereocenters. The average Bonchev–Trinajstić information content (AvgIpc) is 2.68. The second kappa shape index (κ2) is 5.77. The molecule has 0 aliphatic carbocycles. The van der Waals surface area contributed by atoms with Crippen molar-refractivity contribution in [2.45, 2.75) is 32.2 Å². The standard InChI is InChI=1S/C14H16Cl2N2/c1-10(2)13-12(8-15)14(16)18(17-13)9-11-6-4-3-5-7-11/h3-7,10H,8-9H2,1-2H3. The fourth-order valence-corrected chi connectivity index (χ4v) is 2.54. The van der Waals surface area contributed by atoms with Gasteiger partial charge < -0.3 is 0 Å². The van der Waals surface area contributed by atoms with E-state index in [2.05, 4.69) is 31.1 Å². The molecular weight excluding hydrogens is 267 g/mol. The Hall–Kier alpha value is -0.990. The molecule has 0 bridgehead atoms. The van der Waals surface area contributed by atoms with Crippen LogP contribution in [0.5, 0.6) is 0 Å². The Bertz CT molecular complexity index is 518. The van der Waals surface area contributed by atoms with Crippen LogP contribution < -0.4 is 0 Å². The molecule has 0 aliphatic heterocycles. The van der Waals surface area contributed by atoms with E-state index < -0.39 is 0 Å². The predicted molar refractivity (Wildman–Crippen MR) is 76.4 cm³/mol. The summed E-state index contributed by atoms with van der Waals surface area (Å²) in [6, 6.07) is 10.1. The molecule has 0 N–H and O–H groups in total. The van der Waals surface area contributed by atoms with Crippen molar-refractivity contribution in [3.63, 3.8) is 0 Å². The van der Waals surface area contributed by atoms with Crippen molar-refractivity contribution in [2.75, 3.05) is 0 Å². The van der Waals surface area contributed by atoms with E-state index in [0.29, 0.717) is 23.5 Å². The van der Waals surface area contributed by atoms with E-state index in [0.717, 1.165) is 11.3 Å². The number of rotatable bonds is 4. The maximum absolute atomic E-state index is 6.34. The van der Waals surface area contributed by atoms with Crippen LogP contribution in [-0.2, 0) is 12.4 Å². The van der Waals surface area contributed by atoms with Crippen molar-refractivity contribution in [3.05, 3.63) is 52.3 Å². The monoisotopic (exact) mass is 282 g/mol. The van der Waals surface area contributed by atoms with Crippen molar-refractivity contribution in [3.8, 4) is 0 Å². The van der Waals surface area contributed by atoms with Crippen LogP contribution in [-0.4, -0.2) is 9.78 Å². The predicted octanol–water partition coefficient (Wildman–Crippen LogP) is 4.45. The highest BCUT2D eigenvalue weighted by Gasteiger charge is 2.17. The lowest BCUT2D eigenvalue weighted by molar-refractivity contribution is 0.658. The molecule has 96 valence electrons. The van der Waals surface area contributed by atoms with Gasteiger partial charge in [-0.05, 0) is 11.5 Å². The van der Waals surface area contributed by atoms with E-state index in [1.165, 1.54) is 5.56 Å². The summed E-state index contributed by atoms with van der Waals surface area (Å²) in [7, 11) is 0. The molecule has 0 fully saturated rings. The van der Waals surface area contributed by atoms with E-state index in [-0.39, 0.29) is 0 Å². The topological polar surface area (TPSA) is 17.8 Å². The molecule has 0 radical (unpaired) electrons. The van der Waals surface area contributed by atoms with Gasteiger partial charge in [0.2, 0.25) is 0 Å². The van der Waals surface area contributed by atoms with Crippen LogP contribution in [0.2, 0.25) is 5.15 Å². The van der Waals surface area contributed by atoms with Crippen LogP contribution in [0.1, 0.15) is 36.6 Å². The summed E-state index contributed by atoms with van der Waals surface area (Å²) in [4.78, 5) is 0. The molecule has 4 heteroatoms. The van der Waals surface area contributed by atoms with E-state index in [4.69, 9.17) is 23.2 Å². The van der Waals surface area contributed by atoms with Crippen LogP contribution >= 0.6 is 23.2 Å². The lowest BCUT2D eigenvalue weighted by Crippen LogP contribution is -2.02. The van der Waals surface area contributed by atoms with Crippen molar-refractivity contribution < 1.29 is 0 Å². The second-order valence-electron chi connectivity index (χ2n) is 4.59. The lowest BCUT2D eigenvalue weighted by Gasteiger charge is -2.03. The van der Waals surface area contributed by atoms with E-state index in [1.807, 2.05) is 22.9 Å². The van der Waals surface area contributed by atoms with Gasteiger partial charge in [0.15, 0.2) is 0 Å². The third-order valence-corrected chi connectivity index (χ3v) is 3.56. The lowest BCUT2D eigenvalue weighted by atomic mass is 10.1. The molecule has 2 nitrogen and oxygen atoms in total. The van der Waals surface area contributed by atoms with Gasteiger partial charge >= 0.3 is 0 Å². The highest BCUT2D eigenvalue weighted by molar-refractivity contribution is 6.31. The number of aromatic nitrogens is 2. The molecule has 18 heavy (non-hydrogen) atoms. The zero-order chi connectivity index (χ0) is 13.1. The molecule has 2 aromatic rings. The van der Waals surface area contributed by atoms with Crippen molar-refractivity contribution in [1.82, 2.24) is 9.78 Å². The summed E-state index contributed by atoms with van der Waals surface area (Å²) in [5.74, 6) is 0.731. The summed E-state index contributed by atoms with van der Waals surface area (Å²) in [6.07, 6.45) is 0. The van der Waals surface area contributed by atoms with Crippen LogP contribution in [0.15, 0.2) is 30.3 Å². The van der Waals surface area contributed by atoms with Gasteiger partial charge in [-0.25, -0.2) is 4.68 Å². The molecular formula is C14H16Cl2N2. The number of hydrogen-bond donors (Lipinski definition) is 0. The van der Waals surface area contributed by atoms with E-state index in [9.17, 15) is 0 Å². The van der Waals surface area contributed by atoms with Crippen LogP contribution in [0.25, 0.3) is 0 Å². The summed E-state index contributed by atoms with van der Waals surface area (Å²) >= 11 is 12.3. The van der Waals surface area contributed by atoms with E-state index >= 15 is 0 Å². The minimum absolute atomic E-state index is 0.327. The number of hydrogen-bond acceptors (Lipinski definition) is 1. The van der Waals surface area contributed by atoms with Gasteiger partial charge in [0.05, 0.1) is 18.1 Å². The first kappa shape index (κ1) is 13.4. The molecule has 0 unspecified atom stereocenters. The molecule has 2 rings (SSSR count). The number of nitrogens with zero attached hydrogens (tertiary/aromatic N) is 2. The van der Waals surface area contributed by atoms with Crippen LogP contribution in [0.4, 0.5) is 0 Å². The Kier molecular flexibility index (Phi) is 4.31. The minimum Gasteiger partial charge on any atom is -0.249 e. The summed E-state index contributed by atoms with van der Waals surface area (Å²) in [6.45, 7) is 4.87. The number of benzene rings is 1. The Labute approximate surface area is 118 Å². The van der Waals surface area contributed by atoms with E-state index in [1.54, 1.807) is 0 Å². The van der Waals surface area contributed by atoms with Crippen LogP contribution in [0, 0.1) is 0 Å². The van der Waals surface area contributed by atoms with Gasteiger partial charge in [-0.15, -0.1) is 11.6 Å². The van der Waals surface area contributed by atoms with Gasteiger partial charge in [0, 0.05) is 5.56 Å². The van der Waals surface area contributed by atoms with Gasteiger partial charge in [-0.2, -0.15) is 5.10 Å². The zero-order valence-corrected chi connectivity index (χ0v) is 12.0.